The standard InChI is InChI=1S/C10H15N3O3/c1-5(14)6-4-7-9(8(6)12-13-11)16-10(2,3)15-7/h6-9H,4H2,1-3H3/t6-,7+,8-,9+/m1/s1. The molecule has 2 fully saturated rings. The molecule has 0 unspecified atom stereocenters. The van der Waals surface area contributed by atoms with Gasteiger partial charge in [-0.15, -0.1) is 0 Å². The van der Waals surface area contributed by atoms with Crippen LogP contribution in [0, 0.1) is 5.92 Å². The number of nitrogens with zero attached hydrogens (tertiary/aromatic N) is 3. The maximum absolute atomic E-state index is 11.4. The van der Waals surface area contributed by atoms with E-state index in [0.717, 1.165) is 0 Å². The highest BCUT2D eigenvalue weighted by atomic mass is 16.8. The van der Waals surface area contributed by atoms with Crippen LogP contribution in [0.5, 0.6) is 0 Å². The Morgan fingerprint density at radius 2 is 2.19 bits per heavy atom. The quantitative estimate of drug-likeness (QED) is 0.408. The van der Waals surface area contributed by atoms with Crippen LogP contribution in [-0.2, 0) is 14.3 Å². The van der Waals surface area contributed by atoms with Gasteiger partial charge >= 0.3 is 0 Å². The summed E-state index contributed by atoms with van der Waals surface area (Å²) in [4.78, 5) is 14.2. The van der Waals surface area contributed by atoms with E-state index < -0.39 is 11.8 Å². The molecular formula is C10H15N3O3. The minimum atomic E-state index is -0.652. The lowest BCUT2D eigenvalue weighted by molar-refractivity contribution is -0.158. The Kier molecular flexibility index (Phi) is 2.66. The number of Topliss-reactive ketones (excluding diaryl/α,β-unsaturated/α-hetero) is 1. The molecule has 0 aromatic carbocycles. The number of azide groups is 1. The summed E-state index contributed by atoms with van der Waals surface area (Å²) in [6.45, 7) is 5.15. The van der Waals surface area contributed by atoms with Gasteiger partial charge in [0.2, 0.25) is 0 Å². The molecule has 0 aromatic rings. The molecular weight excluding hydrogens is 210 g/mol. The van der Waals surface area contributed by atoms with Crippen LogP contribution in [0.25, 0.3) is 10.4 Å². The number of ether oxygens (including phenoxy) is 2. The molecule has 1 heterocycles. The zero-order valence-electron chi connectivity index (χ0n) is 9.58. The summed E-state index contributed by atoms with van der Waals surface area (Å²) in [5.41, 5.74) is 8.53. The maximum Gasteiger partial charge on any atom is 0.163 e. The van der Waals surface area contributed by atoms with Gasteiger partial charge in [-0.1, -0.05) is 5.11 Å². The number of hydrogen-bond acceptors (Lipinski definition) is 4. The fourth-order valence-corrected chi connectivity index (χ4v) is 2.57. The summed E-state index contributed by atoms with van der Waals surface area (Å²) in [5.74, 6) is -0.904. The van der Waals surface area contributed by atoms with Gasteiger partial charge in [-0.05, 0) is 32.7 Å². The molecule has 0 radical (unpaired) electrons. The van der Waals surface area contributed by atoms with Crippen molar-refractivity contribution in [3.8, 4) is 0 Å². The largest absolute Gasteiger partial charge is 0.345 e. The topological polar surface area (TPSA) is 84.3 Å². The summed E-state index contributed by atoms with van der Waals surface area (Å²) in [6, 6.07) is -0.436. The van der Waals surface area contributed by atoms with Crippen LogP contribution in [0.4, 0.5) is 0 Å². The maximum atomic E-state index is 11.4. The number of hydrogen-bond donors (Lipinski definition) is 0. The molecule has 6 heteroatoms. The second kappa shape index (κ2) is 3.73. The van der Waals surface area contributed by atoms with Crippen molar-refractivity contribution in [2.24, 2.45) is 11.0 Å². The molecule has 1 saturated carbocycles. The molecule has 0 bridgehead atoms. The predicted molar refractivity (Wildman–Crippen MR) is 55.5 cm³/mol. The molecule has 0 amide bonds. The van der Waals surface area contributed by atoms with E-state index in [1.54, 1.807) is 0 Å². The molecule has 2 rings (SSSR count). The van der Waals surface area contributed by atoms with Crippen LogP contribution >= 0.6 is 0 Å². The van der Waals surface area contributed by atoms with E-state index in [0.29, 0.717) is 6.42 Å². The van der Waals surface area contributed by atoms with Crippen LogP contribution in [0.1, 0.15) is 27.2 Å². The molecule has 6 nitrogen and oxygen atoms in total. The molecule has 4 atom stereocenters. The highest BCUT2D eigenvalue weighted by Gasteiger charge is 2.54. The van der Waals surface area contributed by atoms with Crippen LogP contribution in [-0.4, -0.2) is 29.8 Å². The zero-order chi connectivity index (χ0) is 11.9. The predicted octanol–water partition coefficient (Wildman–Crippen LogP) is 1.79. The van der Waals surface area contributed by atoms with E-state index in [2.05, 4.69) is 10.0 Å². The first kappa shape index (κ1) is 11.4. The van der Waals surface area contributed by atoms with E-state index >= 15 is 0 Å². The van der Waals surface area contributed by atoms with Gasteiger partial charge in [-0.2, -0.15) is 0 Å². The Balaban J connectivity index is 2.23. The average molecular weight is 225 g/mol. The fraction of sp³-hybridized carbons (Fsp3) is 0.900. The first-order chi connectivity index (χ1) is 7.44. The number of carbonyl (C=O) groups excluding carboxylic acids is 1. The van der Waals surface area contributed by atoms with Crippen molar-refractivity contribution in [3.63, 3.8) is 0 Å². The molecule has 88 valence electrons. The number of carbonyl (C=O) groups is 1. The van der Waals surface area contributed by atoms with Gasteiger partial charge < -0.3 is 9.47 Å². The molecule has 1 aliphatic heterocycles. The molecule has 2 aliphatic rings. The average Bonchev–Trinajstić information content (AvgIpc) is 2.60. The van der Waals surface area contributed by atoms with E-state index in [1.807, 2.05) is 13.8 Å². The Bertz CT molecular complexity index is 362. The van der Waals surface area contributed by atoms with Crippen molar-refractivity contribution < 1.29 is 14.3 Å². The highest BCUT2D eigenvalue weighted by molar-refractivity contribution is 5.79. The summed E-state index contributed by atoms with van der Waals surface area (Å²) in [7, 11) is 0. The van der Waals surface area contributed by atoms with Gasteiger partial charge in [0.25, 0.3) is 0 Å². The molecule has 16 heavy (non-hydrogen) atoms. The molecule has 0 N–H and O–H groups in total. The van der Waals surface area contributed by atoms with Crippen LogP contribution in [0.15, 0.2) is 5.11 Å². The van der Waals surface area contributed by atoms with Crippen molar-refractivity contribution in [3.05, 3.63) is 10.4 Å². The lowest BCUT2D eigenvalue weighted by Crippen LogP contribution is -2.32. The Hall–Kier alpha value is -1.10. The lowest BCUT2D eigenvalue weighted by Gasteiger charge is -2.22. The molecule has 0 aromatic heterocycles. The summed E-state index contributed by atoms with van der Waals surface area (Å²) in [6.07, 6.45) is 0.145. The molecule has 0 spiro atoms. The lowest BCUT2D eigenvalue weighted by atomic mass is 9.99. The number of rotatable bonds is 2. The summed E-state index contributed by atoms with van der Waals surface area (Å²) < 4.78 is 11.4. The van der Waals surface area contributed by atoms with Gasteiger partial charge in [0.15, 0.2) is 5.79 Å². The van der Waals surface area contributed by atoms with Crippen molar-refractivity contribution in [2.45, 2.75) is 51.2 Å². The molecule has 1 saturated heterocycles. The van der Waals surface area contributed by atoms with Gasteiger partial charge in [0.1, 0.15) is 5.78 Å². The SMILES string of the molecule is CC(=O)[C@H]1C[C@@H]2OC(C)(C)O[C@@H]2[C@@H]1N=[N+]=[N-]. The van der Waals surface area contributed by atoms with E-state index in [4.69, 9.17) is 15.0 Å². The smallest absolute Gasteiger partial charge is 0.163 e. The van der Waals surface area contributed by atoms with Crippen molar-refractivity contribution >= 4 is 5.78 Å². The Labute approximate surface area is 93.5 Å². The third kappa shape index (κ3) is 1.80. The minimum Gasteiger partial charge on any atom is -0.345 e. The van der Waals surface area contributed by atoms with Gasteiger partial charge in [-0.3, -0.25) is 4.79 Å². The van der Waals surface area contributed by atoms with Crippen molar-refractivity contribution in [2.75, 3.05) is 0 Å². The third-order valence-electron chi connectivity index (χ3n) is 3.16. The van der Waals surface area contributed by atoms with Gasteiger partial charge in [-0.25, -0.2) is 0 Å². The van der Waals surface area contributed by atoms with E-state index in [-0.39, 0.29) is 23.9 Å². The second-order valence-electron chi connectivity index (χ2n) is 4.79. The van der Waals surface area contributed by atoms with Gasteiger partial charge in [0, 0.05) is 10.8 Å². The summed E-state index contributed by atoms with van der Waals surface area (Å²) >= 11 is 0. The number of ketones is 1. The number of fused-ring (bicyclic) bond motifs is 1. The molecule has 1 aliphatic carbocycles. The van der Waals surface area contributed by atoms with Crippen LogP contribution in [0.3, 0.4) is 0 Å². The van der Waals surface area contributed by atoms with Gasteiger partial charge in [0.05, 0.1) is 18.2 Å². The van der Waals surface area contributed by atoms with E-state index in [1.165, 1.54) is 6.92 Å². The Morgan fingerprint density at radius 3 is 2.75 bits per heavy atom. The van der Waals surface area contributed by atoms with Crippen molar-refractivity contribution in [1.82, 2.24) is 0 Å². The highest BCUT2D eigenvalue weighted by Crippen LogP contribution is 2.42. The monoisotopic (exact) mass is 225 g/mol. The first-order valence-corrected chi connectivity index (χ1v) is 5.35. The summed E-state index contributed by atoms with van der Waals surface area (Å²) in [5, 5.41) is 3.69. The zero-order valence-corrected chi connectivity index (χ0v) is 9.58. The minimum absolute atomic E-state index is 0.0248. The first-order valence-electron chi connectivity index (χ1n) is 5.35. The van der Waals surface area contributed by atoms with Crippen LogP contribution in [0.2, 0.25) is 0 Å². The third-order valence-corrected chi connectivity index (χ3v) is 3.16. The van der Waals surface area contributed by atoms with E-state index in [9.17, 15) is 4.79 Å². The van der Waals surface area contributed by atoms with Crippen molar-refractivity contribution in [1.29, 1.82) is 0 Å². The van der Waals surface area contributed by atoms with Crippen LogP contribution < -0.4 is 0 Å². The second-order valence-corrected chi connectivity index (χ2v) is 4.79. The normalized spacial score (nSPS) is 40.2. The fourth-order valence-electron chi connectivity index (χ4n) is 2.57. The Morgan fingerprint density at radius 1 is 1.50 bits per heavy atom.